The number of hydrogen-bond donors (Lipinski definition) is 1. The van der Waals surface area contributed by atoms with E-state index in [1.54, 1.807) is 0 Å². The molecule has 2 fully saturated rings. The smallest absolute Gasteiger partial charge is 0.0406 e. The van der Waals surface area contributed by atoms with E-state index in [-0.39, 0.29) is 17.8 Å². The van der Waals surface area contributed by atoms with Crippen LogP contribution in [-0.2, 0) is 5.41 Å². The Morgan fingerprint density at radius 3 is 2.00 bits per heavy atom. The lowest BCUT2D eigenvalue weighted by Crippen LogP contribution is -2.54. The van der Waals surface area contributed by atoms with Crippen molar-refractivity contribution in [3.8, 4) is 0 Å². The molecule has 0 saturated heterocycles. The zero-order valence-corrected chi connectivity index (χ0v) is 14.3. The molecule has 1 unspecified atom stereocenters. The number of rotatable bonds is 3. The van der Waals surface area contributed by atoms with E-state index in [9.17, 15) is 0 Å². The highest BCUT2D eigenvalue weighted by Crippen LogP contribution is 2.49. The van der Waals surface area contributed by atoms with Gasteiger partial charge in [0.25, 0.3) is 0 Å². The molecule has 0 amide bonds. The fourth-order valence-corrected chi connectivity index (χ4v) is 4.40. The molecular formula is C18H27Cl2N. The first-order valence-corrected chi connectivity index (χ1v) is 8.62. The second kappa shape index (κ2) is 7.35. The van der Waals surface area contributed by atoms with E-state index in [1.807, 2.05) is 12.1 Å². The lowest BCUT2D eigenvalue weighted by atomic mass is 9.57. The van der Waals surface area contributed by atoms with Crippen LogP contribution >= 0.6 is 24.0 Å². The van der Waals surface area contributed by atoms with Gasteiger partial charge in [-0.2, -0.15) is 0 Å². The Balaban J connectivity index is 0.00000161. The maximum atomic E-state index is 6.80. The molecule has 0 radical (unpaired) electrons. The molecular weight excluding hydrogens is 301 g/mol. The molecule has 0 aliphatic heterocycles. The molecule has 2 saturated carbocycles. The van der Waals surface area contributed by atoms with Crippen molar-refractivity contribution in [2.75, 3.05) is 0 Å². The average Bonchev–Trinajstić information content (AvgIpc) is 2.68. The molecule has 0 spiro atoms. The van der Waals surface area contributed by atoms with Gasteiger partial charge < -0.3 is 5.73 Å². The summed E-state index contributed by atoms with van der Waals surface area (Å²) in [7, 11) is 0. The third kappa shape index (κ3) is 3.41. The van der Waals surface area contributed by atoms with Gasteiger partial charge in [-0.15, -0.1) is 12.4 Å². The predicted octanol–water partition coefficient (Wildman–Crippen LogP) is 5.48. The van der Waals surface area contributed by atoms with Crippen molar-refractivity contribution in [2.45, 2.75) is 69.2 Å². The van der Waals surface area contributed by atoms with Gasteiger partial charge in [-0.1, -0.05) is 55.8 Å². The Kier molecular flexibility index (Phi) is 5.99. The van der Waals surface area contributed by atoms with Crippen LogP contribution in [0.15, 0.2) is 24.3 Å². The van der Waals surface area contributed by atoms with Gasteiger partial charge in [0.2, 0.25) is 0 Å². The van der Waals surface area contributed by atoms with E-state index >= 15 is 0 Å². The molecule has 1 aromatic rings. The van der Waals surface area contributed by atoms with E-state index in [4.69, 9.17) is 17.3 Å². The second-order valence-electron chi connectivity index (χ2n) is 6.79. The van der Waals surface area contributed by atoms with Crippen molar-refractivity contribution in [1.82, 2.24) is 0 Å². The molecule has 21 heavy (non-hydrogen) atoms. The highest BCUT2D eigenvalue weighted by atomic mass is 35.5. The summed E-state index contributed by atoms with van der Waals surface area (Å²) in [5.41, 5.74) is 8.45. The lowest BCUT2D eigenvalue weighted by molar-refractivity contribution is 0.144. The summed E-state index contributed by atoms with van der Waals surface area (Å²) in [6.07, 6.45) is 12.0. The van der Waals surface area contributed by atoms with E-state index in [0.717, 1.165) is 5.02 Å². The molecule has 2 aliphatic carbocycles. The van der Waals surface area contributed by atoms with Crippen molar-refractivity contribution >= 4 is 24.0 Å². The van der Waals surface area contributed by atoms with Crippen molar-refractivity contribution in [2.24, 2.45) is 11.7 Å². The molecule has 3 heteroatoms. The van der Waals surface area contributed by atoms with E-state index in [1.165, 1.54) is 63.4 Å². The van der Waals surface area contributed by atoms with Gasteiger partial charge in [0, 0.05) is 16.5 Å². The summed E-state index contributed by atoms with van der Waals surface area (Å²) in [5, 5.41) is 0.825. The molecule has 0 aromatic heterocycles. The van der Waals surface area contributed by atoms with Gasteiger partial charge in [0.15, 0.2) is 0 Å². The predicted molar refractivity (Wildman–Crippen MR) is 93.4 cm³/mol. The fourth-order valence-electron chi connectivity index (χ4n) is 4.28. The normalized spacial score (nSPS) is 23.5. The first kappa shape index (κ1) is 17.1. The fraction of sp³-hybridized carbons (Fsp3) is 0.667. The van der Waals surface area contributed by atoms with Crippen LogP contribution < -0.4 is 5.73 Å². The number of halogens is 2. The van der Waals surface area contributed by atoms with Crippen LogP contribution in [0.25, 0.3) is 0 Å². The zero-order valence-electron chi connectivity index (χ0n) is 12.7. The third-order valence-corrected chi connectivity index (χ3v) is 5.96. The molecule has 3 rings (SSSR count). The first-order chi connectivity index (χ1) is 9.72. The summed E-state index contributed by atoms with van der Waals surface area (Å²) in [6, 6.07) is 8.79. The summed E-state index contributed by atoms with van der Waals surface area (Å²) in [5.74, 6) is 0.716. The average molecular weight is 328 g/mol. The van der Waals surface area contributed by atoms with Crippen LogP contribution in [-0.4, -0.2) is 6.04 Å². The van der Waals surface area contributed by atoms with Crippen molar-refractivity contribution < 1.29 is 0 Å². The monoisotopic (exact) mass is 327 g/mol. The molecule has 1 nitrogen and oxygen atoms in total. The summed E-state index contributed by atoms with van der Waals surface area (Å²) >= 11 is 6.04. The number of nitrogens with two attached hydrogens (primary N) is 1. The highest BCUT2D eigenvalue weighted by molar-refractivity contribution is 6.30. The topological polar surface area (TPSA) is 26.0 Å². The van der Waals surface area contributed by atoms with Crippen LogP contribution in [0.5, 0.6) is 0 Å². The maximum absolute atomic E-state index is 6.80. The minimum atomic E-state index is 0. The standard InChI is InChI=1S/C18H26ClN.ClH/c19-16-10-8-15(9-11-16)18(12-5-13-18)17(20)14-6-3-1-2-4-7-14;/h8-11,14,17H,1-7,12-13,20H2;1H. The van der Waals surface area contributed by atoms with Gasteiger partial charge >= 0.3 is 0 Å². The summed E-state index contributed by atoms with van der Waals surface area (Å²) in [6.45, 7) is 0. The summed E-state index contributed by atoms with van der Waals surface area (Å²) in [4.78, 5) is 0. The van der Waals surface area contributed by atoms with Crippen LogP contribution in [0.3, 0.4) is 0 Å². The molecule has 1 aromatic carbocycles. The summed E-state index contributed by atoms with van der Waals surface area (Å²) < 4.78 is 0. The lowest BCUT2D eigenvalue weighted by Gasteiger charge is -2.49. The van der Waals surface area contributed by atoms with Crippen LogP contribution in [0.2, 0.25) is 5.02 Å². The van der Waals surface area contributed by atoms with Gasteiger partial charge in [-0.3, -0.25) is 0 Å². The molecule has 2 aliphatic rings. The largest absolute Gasteiger partial charge is 0.327 e. The Labute approximate surface area is 140 Å². The second-order valence-corrected chi connectivity index (χ2v) is 7.23. The Hall–Kier alpha value is -0.240. The molecule has 2 N–H and O–H groups in total. The highest BCUT2D eigenvalue weighted by Gasteiger charge is 2.46. The third-order valence-electron chi connectivity index (χ3n) is 5.71. The Morgan fingerprint density at radius 1 is 0.952 bits per heavy atom. The maximum Gasteiger partial charge on any atom is 0.0406 e. The Morgan fingerprint density at radius 2 is 1.52 bits per heavy atom. The van der Waals surface area contributed by atoms with Crippen LogP contribution in [0.4, 0.5) is 0 Å². The minimum Gasteiger partial charge on any atom is -0.327 e. The van der Waals surface area contributed by atoms with Crippen LogP contribution in [0.1, 0.15) is 63.4 Å². The van der Waals surface area contributed by atoms with Gasteiger partial charge in [-0.05, 0) is 49.3 Å². The quantitative estimate of drug-likeness (QED) is 0.730. The molecule has 1 atom stereocenters. The van der Waals surface area contributed by atoms with Crippen molar-refractivity contribution in [1.29, 1.82) is 0 Å². The first-order valence-electron chi connectivity index (χ1n) is 8.24. The van der Waals surface area contributed by atoms with Gasteiger partial charge in [0.05, 0.1) is 0 Å². The zero-order chi connectivity index (χ0) is 14.0. The van der Waals surface area contributed by atoms with Crippen molar-refractivity contribution in [3.05, 3.63) is 34.9 Å². The van der Waals surface area contributed by atoms with Crippen LogP contribution in [0, 0.1) is 5.92 Å². The van der Waals surface area contributed by atoms with Gasteiger partial charge in [-0.25, -0.2) is 0 Å². The molecule has 118 valence electrons. The molecule has 0 bridgehead atoms. The van der Waals surface area contributed by atoms with E-state index in [2.05, 4.69) is 12.1 Å². The number of hydrogen-bond acceptors (Lipinski definition) is 1. The van der Waals surface area contributed by atoms with E-state index < -0.39 is 0 Å². The van der Waals surface area contributed by atoms with Crippen molar-refractivity contribution in [3.63, 3.8) is 0 Å². The SMILES string of the molecule is Cl.NC(C1CCCCCC1)C1(c2ccc(Cl)cc2)CCC1. The number of benzene rings is 1. The minimum absolute atomic E-state index is 0. The van der Waals surface area contributed by atoms with E-state index in [0.29, 0.717) is 12.0 Å². The molecule has 0 heterocycles. The Bertz CT molecular complexity index is 431. The van der Waals surface area contributed by atoms with Gasteiger partial charge in [0.1, 0.15) is 0 Å².